The van der Waals surface area contributed by atoms with Gasteiger partial charge in [-0.1, -0.05) is 29.8 Å². The summed E-state index contributed by atoms with van der Waals surface area (Å²) in [5.74, 6) is 0.846. The maximum Gasteiger partial charge on any atom is 0.119 e. The molecule has 1 rings (SSSR count). The Morgan fingerprint density at radius 2 is 2.08 bits per heavy atom. The molecule has 0 bridgehead atoms. The van der Waals surface area contributed by atoms with Crippen LogP contribution in [0.3, 0.4) is 0 Å². The molecular weight excluding hydrogens is 239 g/mol. The van der Waals surface area contributed by atoms with Crippen LogP contribution in [0.15, 0.2) is 40.3 Å². The Balaban J connectivity index is 2.39. The third-order valence-corrected chi connectivity index (χ3v) is 1.71. The van der Waals surface area contributed by atoms with Crippen LogP contribution in [0.5, 0.6) is 5.75 Å². The van der Waals surface area contributed by atoms with Gasteiger partial charge in [0.15, 0.2) is 0 Å². The highest BCUT2D eigenvalue weighted by molar-refractivity contribution is 9.12. The Hall–Kier alpha value is -0.470. The van der Waals surface area contributed by atoms with Crippen molar-refractivity contribution in [3.05, 3.63) is 40.3 Å². The van der Waals surface area contributed by atoms with Gasteiger partial charge in [-0.05, 0) is 34.1 Å². The van der Waals surface area contributed by atoms with Crippen molar-refractivity contribution in [2.45, 2.75) is 0 Å². The zero-order chi connectivity index (χ0) is 8.81. The lowest BCUT2D eigenvalue weighted by Gasteiger charge is -2.00. The topological polar surface area (TPSA) is 9.23 Å². The van der Waals surface area contributed by atoms with Crippen LogP contribution in [0.25, 0.3) is 0 Å². The molecule has 1 aromatic carbocycles. The van der Waals surface area contributed by atoms with Crippen LogP contribution in [0.2, 0.25) is 0 Å². The Morgan fingerprint density at radius 3 is 2.67 bits per heavy atom. The van der Waals surface area contributed by atoms with Gasteiger partial charge in [0.1, 0.15) is 12.4 Å². The van der Waals surface area contributed by atoms with Crippen LogP contribution in [-0.2, 0) is 0 Å². The smallest absolute Gasteiger partial charge is 0.119 e. The highest BCUT2D eigenvalue weighted by Gasteiger charge is 1.88. The van der Waals surface area contributed by atoms with Crippen LogP contribution in [-0.4, -0.2) is 6.61 Å². The van der Waals surface area contributed by atoms with E-state index in [1.165, 1.54) is 0 Å². The van der Waals surface area contributed by atoms with Crippen molar-refractivity contribution in [3.8, 4) is 5.75 Å². The number of benzene rings is 1. The minimum Gasteiger partial charge on any atom is -0.489 e. The zero-order valence-electron chi connectivity index (χ0n) is 6.34. The molecule has 0 saturated carbocycles. The van der Waals surface area contributed by atoms with E-state index in [0.29, 0.717) is 10.5 Å². The molecule has 64 valence electrons. The molecule has 0 aromatic heterocycles. The van der Waals surface area contributed by atoms with Crippen molar-refractivity contribution in [1.82, 2.24) is 0 Å². The van der Waals surface area contributed by atoms with Crippen LogP contribution in [0.4, 0.5) is 0 Å². The molecule has 1 aromatic rings. The average molecular weight is 248 g/mol. The third kappa shape index (κ3) is 3.79. The molecule has 12 heavy (non-hydrogen) atoms. The van der Waals surface area contributed by atoms with Gasteiger partial charge in [-0.15, -0.1) is 0 Å². The van der Waals surface area contributed by atoms with Crippen molar-refractivity contribution in [1.29, 1.82) is 0 Å². The molecule has 0 spiro atoms. The molecule has 3 heteroatoms. The molecule has 1 nitrogen and oxygen atoms in total. The van der Waals surface area contributed by atoms with Gasteiger partial charge >= 0.3 is 0 Å². The van der Waals surface area contributed by atoms with Gasteiger partial charge in [0, 0.05) is 0 Å². The molecule has 0 atom stereocenters. The van der Waals surface area contributed by atoms with Gasteiger partial charge in [0.05, 0.1) is 3.94 Å². The summed E-state index contributed by atoms with van der Waals surface area (Å²) in [7, 11) is 0. The number of para-hydroxylation sites is 1. The van der Waals surface area contributed by atoms with E-state index in [9.17, 15) is 0 Å². The molecule has 0 aliphatic carbocycles. The first-order chi connectivity index (χ1) is 5.79. The summed E-state index contributed by atoms with van der Waals surface area (Å²) in [5.41, 5.74) is 0. The predicted octanol–water partition coefficient (Wildman–Crippen LogP) is 3.54. The van der Waals surface area contributed by atoms with Crippen molar-refractivity contribution in [2.75, 3.05) is 6.61 Å². The molecule has 0 saturated heterocycles. The minimum atomic E-state index is 0.480. The van der Waals surface area contributed by atoms with Crippen LogP contribution in [0.1, 0.15) is 0 Å². The van der Waals surface area contributed by atoms with Crippen molar-refractivity contribution >= 4 is 27.5 Å². The largest absolute Gasteiger partial charge is 0.489 e. The van der Waals surface area contributed by atoms with Gasteiger partial charge in [0.25, 0.3) is 0 Å². The molecule has 0 N–H and O–H groups in total. The van der Waals surface area contributed by atoms with E-state index in [-0.39, 0.29) is 0 Å². The van der Waals surface area contributed by atoms with E-state index in [1.54, 1.807) is 6.08 Å². The molecule has 0 heterocycles. The maximum absolute atomic E-state index is 5.54. The van der Waals surface area contributed by atoms with E-state index in [4.69, 9.17) is 16.3 Å². The third-order valence-electron chi connectivity index (χ3n) is 1.23. The lowest BCUT2D eigenvalue weighted by Crippen LogP contribution is -1.92. The lowest BCUT2D eigenvalue weighted by molar-refractivity contribution is 0.363. The fourth-order valence-corrected chi connectivity index (χ4v) is 0.913. The first-order valence-electron chi connectivity index (χ1n) is 3.48. The molecule has 0 aliphatic heterocycles. The molecule has 0 fully saturated rings. The van der Waals surface area contributed by atoms with Crippen molar-refractivity contribution < 1.29 is 4.74 Å². The monoisotopic (exact) mass is 246 g/mol. The van der Waals surface area contributed by atoms with Gasteiger partial charge in [-0.2, -0.15) is 0 Å². The summed E-state index contributed by atoms with van der Waals surface area (Å²) in [4.78, 5) is 0. The van der Waals surface area contributed by atoms with E-state index in [2.05, 4.69) is 15.9 Å². The summed E-state index contributed by atoms with van der Waals surface area (Å²) in [6.07, 6.45) is 1.74. The van der Waals surface area contributed by atoms with Gasteiger partial charge in [-0.25, -0.2) is 0 Å². The zero-order valence-corrected chi connectivity index (χ0v) is 8.68. The highest BCUT2D eigenvalue weighted by Crippen LogP contribution is 2.11. The predicted molar refractivity (Wildman–Crippen MR) is 54.8 cm³/mol. The van der Waals surface area contributed by atoms with E-state index in [1.807, 2.05) is 30.3 Å². The van der Waals surface area contributed by atoms with Gasteiger partial charge in [-0.3, -0.25) is 0 Å². The Labute approximate surface area is 85.1 Å². The summed E-state index contributed by atoms with van der Waals surface area (Å²) in [5, 5.41) is 0. The van der Waals surface area contributed by atoms with Gasteiger partial charge < -0.3 is 4.74 Å². The highest BCUT2D eigenvalue weighted by atomic mass is 79.9. The van der Waals surface area contributed by atoms with E-state index in [0.717, 1.165) is 5.75 Å². The summed E-state index contributed by atoms with van der Waals surface area (Å²) in [6.45, 7) is 0.480. The SMILES string of the molecule is ClC(Br)=CCOc1ccccc1. The normalized spacial score (nSPS) is 11.3. The molecule has 0 amide bonds. The first kappa shape index (κ1) is 9.62. The number of hydrogen-bond acceptors (Lipinski definition) is 1. The quantitative estimate of drug-likeness (QED) is 0.794. The second-order valence-electron chi connectivity index (χ2n) is 2.12. The average Bonchev–Trinajstić information content (AvgIpc) is 2.05. The molecule has 0 unspecified atom stereocenters. The first-order valence-corrected chi connectivity index (χ1v) is 4.65. The number of hydrogen-bond donors (Lipinski definition) is 0. The fourth-order valence-electron chi connectivity index (χ4n) is 0.718. The number of rotatable bonds is 3. The molecule has 0 aliphatic rings. The van der Waals surface area contributed by atoms with Crippen molar-refractivity contribution in [2.24, 2.45) is 0 Å². The minimum absolute atomic E-state index is 0.480. The number of ether oxygens (including phenoxy) is 1. The second-order valence-corrected chi connectivity index (χ2v) is 3.84. The van der Waals surface area contributed by atoms with Crippen LogP contribution in [0, 0.1) is 0 Å². The summed E-state index contributed by atoms with van der Waals surface area (Å²) < 4.78 is 5.89. The second kappa shape index (κ2) is 5.22. The maximum atomic E-state index is 5.54. The Morgan fingerprint density at radius 1 is 1.42 bits per heavy atom. The van der Waals surface area contributed by atoms with E-state index >= 15 is 0 Å². The van der Waals surface area contributed by atoms with Crippen LogP contribution < -0.4 is 4.74 Å². The van der Waals surface area contributed by atoms with E-state index < -0.39 is 0 Å². The Bertz CT molecular complexity index is 254. The number of halogens is 2. The molecule has 0 radical (unpaired) electrons. The van der Waals surface area contributed by atoms with Gasteiger partial charge in [0.2, 0.25) is 0 Å². The van der Waals surface area contributed by atoms with Crippen LogP contribution >= 0.6 is 27.5 Å². The van der Waals surface area contributed by atoms with Crippen molar-refractivity contribution in [3.63, 3.8) is 0 Å². The summed E-state index contributed by atoms with van der Waals surface area (Å²) >= 11 is 8.64. The Kier molecular flexibility index (Phi) is 4.19. The fraction of sp³-hybridized carbons (Fsp3) is 0.111. The summed E-state index contributed by atoms with van der Waals surface area (Å²) in [6, 6.07) is 9.59. The standard InChI is InChI=1S/C9H8BrClO/c10-9(11)6-7-12-8-4-2-1-3-5-8/h1-6H,7H2. The molecular formula is C9H8BrClO. The lowest BCUT2D eigenvalue weighted by atomic mass is 10.3.